The fraction of sp³-hybridized carbons (Fsp3) is 0.480. The third-order valence-corrected chi connectivity index (χ3v) is 9.13. The van der Waals surface area contributed by atoms with Crippen molar-refractivity contribution in [1.29, 1.82) is 0 Å². The first-order chi connectivity index (χ1) is 17.3. The van der Waals surface area contributed by atoms with Crippen LogP contribution in [0.1, 0.15) is 18.4 Å². The van der Waals surface area contributed by atoms with Crippen LogP contribution in [0.15, 0.2) is 41.3 Å². The molecule has 194 valence electrons. The van der Waals surface area contributed by atoms with Gasteiger partial charge in [0.05, 0.1) is 13.0 Å². The first-order valence-electron chi connectivity index (χ1n) is 12.1. The number of sulfonamides is 1. The fourth-order valence-corrected chi connectivity index (χ4v) is 6.98. The molecule has 0 aromatic heterocycles. The van der Waals surface area contributed by atoms with E-state index in [9.17, 15) is 13.2 Å². The minimum absolute atomic E-state index is 0.0238. The van der Waals surface area contributed by atoms with Gasteiger partial charge in [0.2, 0.25) is 22.7 Å². The van der Waals surface area contributed by atoms with Crippen LogP contribution >= 0.6 is 11.6 Å². The number of rotatable bonds is 6. The molecule has 2 aromatic carbocycles. The maximum absolute atomic E-state index is 13.4. The highest BCUT2D eigenvalue weighted by Gasteiger charge is 2.37. The van der Waals surface area contributed by atoms with Crippen molar-refractivity contribution >= 4 is 27.5 Å². The second kappa shape index (κ2) is 10.5. The van der Waals surface area contributed by atoms with Gasteiger partial charge in [-0.05, 0) is 48.7 Å². The van der Waals surface area contributed by atoms with Gasteiger partial charge in [0.1, 0.15) is 10.6 Å². The number of hydrogen-bond acceptors (Lipinski definition) is 7. The second-order valence-corrected chi connectivity index (χ2v) is 11.6. The molecular weight excluding hydrogens is 506 g/mol. The Hall–Kier alpha value is -2.53. The third-order valence-electron chi connectivity index (χ3n) is 7.00. The summed E-state index contributed by atoms with van der Waals surface area (Å²) in [5.41, 5.74) is 1.14. The van der Waals surface area contributed by atoms with Crippen molar-refractivity contribution in [1.82, 2.24) is 14.1 Å². The predicted molar refractivity (Wildman–Crippen MR) is 134 cm³/mol. The van der Waals surface area contributed by atoms with E-state index in [4.69, 9.17) is 25.8 Å². The molecule has 0 aliphatic carbocycles. The molecule has 1 atom stereocenters. The maximum Gasteiger partial charge on any atom is 0.246 e. The van der Waals surface area contributed by atoms with E-state index < -0.39 is 10.0 Å². The quantitative estimate of drug-likeness (QED) is 0.562. The molecule has 0 unspecified atom stereocenters. The number of amides is 1. The molecule has 2 fully saturated rings. The third kappa shape index (κ3) is 5.13. The first kappa shape index (κ1) is 25.1. The maximum atomic E-state index is 13.4. The Balaban J connectivity index is 1.19. The lowest BCUT2D eigenvalue weighted by atomic mass is 9.97. The standard InChI is InChI=1S/C25H30ClN3O6S/c1-33-22-7-5-20(26)14-24(22)36(31,32)29-8-2-3-19(16-29)25(30)28-11-9-27(10-12-28)15-18-4-6-21-23(13-18)35-17-34-21/h4-7,13-14,19H,2-3,8-12,15-17H2,1H3/t19-/m0/s1. The molecule has 0 radical (unpaired) electrons. The van der Waals surface area contributed by atoms with E-state index in [1.54, 1.807) is 12.1 Å². The number of piperidine rings is 1. The van der Waals surface area contributed by atoms with Crippen molar-refractivity contribution in [3.8, 4) is 17.2 Å². The normalized spacial score (nSPS) is 20.9. The molecule has 1 amide bonds. The van der Waals surface area contributed by atoms with Crippen LogP contribution < -0.4 is 14.2 Å². The number of ether oxygens (including phenoxy) is 3. The zero-order valence-corrected chi connectivity index (χ0v) is 21.8. The number of carbonyl (C=O) groups is 1. The highest BCUT2D eigenvalue weighted by molar-refractivity contribution is 7.89. The highest BCUT2D eigenvalue weighted by atomic mass is 35.5. The Morgan fingerprint density at radius 1 is 1.06 bits per heavy atom. The van der Waals surface area contributed by atoms with Gasteiger partial charge >= 0.3 is 0 Å². The number of hydrogen-bond donors (Lipinski definition) is 0. The van der Waals surface area contributed by atoms with Crippen LogP contribution in [0.4, 0.5) is 0 Å². The second-order valence-electron chi connectivity index (χ2n) is 9.29. The summed E-state index contributed by atoms with van der Waals surface area (Å²) in [6, 6.07) is 10.5. The van der Waals surface area contributed by atoms with Gasteiger partial charge in [0.15, 0.2) is 11.5 Å². The Morgan fingerprint density at radius 2 is 1.83 bits per heavy atom. The lowest BCUT2D eigenvalue weighted by Gasteiger charge is -2.38. The van der Waals surface area contributed by atoms with Crippen molar-refractivity contribution < 1.29 is 27.4 Å². The zero-order valence-electron chi connectivity index (χ0n) is 20.2. The molecule has 3 heterocycles. The van der Waals surface area contributed by atoms with Gasteiger partial charge < -0.3 is 19.1 Å². The molecule has 3 aliphatic rings. The topological polar surface area (TPSA) is 88.6 Å². The minimum atomic E-state index is -3.85. The summed E-state index contributed by atoms with van der Waals surface area (Å²) >= 11 is 6.07. The number of halogens is 1. The Labute approximate surface area is 216 Å². The molecule has 0 bridgehead atoms. The van der Waals surface area contributed by atoms with Crippen molar-refractivity contribution in [2.75, 3.05) is 53.2 Å². The molecule has 11 heteroatoms. The van der Waals surface area contributed by atoms with E-state index in [1.807, 2.05) is 23.1 Å². The summed E-state index contributed by atoms with van der Waals surface area (Å²) in [5.74, 6) is 1.45. The number of nitrogens with zero attached hydrogens (tertiary/aromatic N) is 3. The smallest absolute Gasteiger partial charge is 0.246 e. The van der Waals surface area contributed by atoms with E-state index in [-0.39, 0.29) is 35.8 Å². The first-order valence-corrected chi connectivity index (χ1v) is 13.9. The van der Waals surface area contributed by atoms with Crippen molar-refractivity contribution in [3.05, 3.63) is 47.0 Å². The molecule has 36 heavy (non-hydrogen) atoms. The van der Waals surface area contributed by atoms with Gasteiger partial charge in [-0.15, -0.1) is 0 Å². The van der Waals surface area contributed by atoms with Crippen molar-refractivity contribution in [3.63, 3.8) is 0 Å². The monoisotopic (exact) mass is 535 g/mol. The van der Waals surface area contributed by atoms with Crippen LogP contribution in [0.5, 0.6) is 17.2 Å². The zero-order chi connectivity index (χ0) is 25.3. The van der Waals surface area contributed by atoms with Crippen LogP contribution in [-0.2, 0) is 21.4 Å². The van der Waals surface area contributed by atoms with Crippen LogP contribution in [0, 0.1) is 5.92 Å². The molecular formula is C25H30ClN3O6S. The van der Waals surface area contributed by atoms with E-state index in [0.29, 0.717) is 37.5 Å². The molecule has 0 spiro atoms. The summed E-state index contributed by atoms with van der Waals surface area (Å²) < 4.78 is 44.3. The van der Waals surface area contributed by atoms with Gasteiger partial charge in [-0.25, -0.2) is 8.42 Å². The number of carbonyl (C=O) groups excluding carboxylic acids is 1. The van der Waals surface area contributed by atoms with Crippen LogP contribution in [0.2, 0.25) is 5.02 Å². The predicted octanol–water partition coefficient (Wildman–Crippen LogP) is 2.82. The van der Waals surface area contributed by atoms with Gasteiger partial charge in [0, 0.05) is 50.8 Å². The fourth-order valence-electron chi connectivity index (χ4n) is 5.04. The lowest BCUT2D eigenvalue weighted by Crippen LogP contribution is -2.52. The minimum Gasteiger partial charge on any atom is -0.495 e. The summed E-state index contributed by atoms with van der Waals surface area (Å²) in [5, 5.41) is 0.317. The molecule has 9 nitrogen and oxygen atoms in total. The molecule has 0 saturated carbocycles. The van der Waals surface area contributed by atoms with E-state index in [0.717, 1.165) is 36.7 Å². The highest BCUT2D eigenvalue weighted by Crippen LogP contribution is 2.34. The van der Waals surface area contributed by atoms with Gasteiger partial charge in [-0.2, -0.15) is 4.31 Å². The summed E-state index contributed by atoms with van der Waals surface area (Å²) in [4.78, 5) is 17.6. The molecule has 5 rings (SSSR count). The van der Waals surface area contributed by atoms with Crippen LogP contribution in [0.3, 0.4) is 0 Å². The van der Waals surface area contributed by atoms with Crippen LogP contribution in [-0.4, -0.2) is 81.6 Å². The summed E-state index contributed by atoms with van der Waals surface area (Å²) in [6.45, 7) is 4.31. The van der Waals surface area contributed by atoms with Crippen molar-refractivity contribution in [2.24, 2.45) is 5.92 Å². The number of fused-ring (bicyclic) bond motifs is 1. The Morgan fingerprint density at radius 3 is 2.61 bits per heavy atom. The molecule has 2 aromatic rings. The molecule has 0 N–H and O–H groups in total. The Bertz CT molecular complexity index is 1230. The molecule has 2 saturated heterocycles. The number of piperazine rings is 1. The average Bonchev–Trinajstić information content (AvgIpc) is 3.37. The van der Waals surface area contributed by atoms with Gasteiger partial charge in [-0.3, -0.25) is 9.69 Å². The number of benzene rings is 2. The number of methoxy groups -OCH3 is 1. The Kier molecular flexibility index (Phi) is 7.30. The SMILES string of the molecule is COc1ccc(Cl)cc1S(=O)(=O)N1CCC[C@H](C(=O)N2CCN(Cc3ccc4c(c3)OCO4)CC2)C1. The van der Waals surface area contributed by atoms with E-state index >= 15 is 0 Å². The summed E-state index contributed by atoms with van der Waals surface area (Å²) in [7, 11) is -2.42. The largest absolute Gasteiger partial charge is 0.495 e. The van der Waals surface area contributed by atoms with E-state index in [1.165, 1.54) is 17.5 Å². The molecule has 3 aliphatic heterocycles. The lowest BCUT2D eigenvalue weighted by molar-refractivity contribution is -0.138. The summed E-state index contributed by atoms with van der Waals surface area (Å²) in [6.07, 6.45) is 1.30. The van der Waals surface area contributed by atoms with Gasteiger partial charge in [-0.1, -0.05) is 17.7 Å². The van der Waals surface area contributed by atoms with E-state index in [2.05, 4.69) is 4.90 Å². The van der Waals surface area contributed by atoms with Gasteiger partial charge in [0.25, 0.3) is 0 Å². The average molecular weight is 536 g/mol. The van der Waals surface area contributed by atoms with Crippen molar-refractivity contribution in [2.45, 2.75) is 24.3 Å². The van der Waals surface area contributed by atoms with Crippen LogP contribution in [0.25, 0.3) is 0 Å².